The summed E-state index contributed by atoms with van der Waals surface area (Å²) in [4.78, 5) is 25.5. The smallest absolute Gasteiger partial charge is 0.306 e. The second-order valence-electron chi connectivity index (χ2n) is 5.05. The zero-order valence-corrected chi connectivity index (χ0v) is 14.0. The Morgan fingerprint density at radius 1 is 1.14 bits per heavy atom. The van der Waals surface area contributed by atoms with Crippen molar-refractivity contribution in [3.8, 4) is 0 Å². The zero-order valence-electron chi connectivity index (χ0n) is 14.0. The van der Waals surface area contributed by atoms with Gasteiger partial charge in [0.2, 0.25) is 5.91 Å². The predicted octanol–water partition coefficient (Wildman–Crippen LogP) is 1.19. The van der Waals surface area contributed by atoms with E-state index in [0.717, 1.165) is 12.8 Å². The highest BCUT2D eigenvalue weighted by atomic mass is 16.5. The largest absolute Gasteiger partial charge is 0.469 e. The van der Waals surface area contributed by atoms with Crippen LogP contribution < -0.4 is 5.32 Å². The number of nitrogens with zero attached hydrogens (tertiary/aromatic N) is 1. The molecule has 0 aliphatic rings. The number of methoxy groups -OCH3 is 2. The molecule has 1 amide bonds. The first-order valence-corrected chi connectivity index (χ1v) is 7.60. The summed E-state index contributed by atoms with van der Waals surface area (Å²) in [6.45, 7) is 7.56. The van der Waals surface area contributed by atoms with Crippen LogP contribution >= 0.6 is 0 Å². The molecule has 0 aromatic carbocycles. The van der Waals surface area contributed by atoms with Gasteiger partial charge in [-0.25, -0.2) is 0 Å². The first-order valence-electron chi connectivity index (χ1n) is 7.60. The van der Waals surface area contributed by atoms with E-state index in [-0.39, 0.29) is 30.4 Å². The monoisotopic (exact) mass is 302 g/mol. The normalized spacial score (nSPS) is 12.5. The molecule has 124 valence electrons. The Labute approximate surface area is 128 Å². The third kappa shape index (κ3) is 8.02. The second-order valence-corrected chi connectivity index (χ2v) is 5.05. The SMILES string of the molecule is CCC(CC)NC(=O)C(C)N(CCOC)CCC(=O)OC. The lowest BCUT2D eigenvalue weighted by Crippen LogP contribution is -2.49. The number of hydrogen-bond donors (Lipinski definition) is 1. The van der Waals surface area contributed by atoms with Crippen molar-refractivity contribution in [1.29, 1.82) is 0 Å². The van der Waals surface area contributed by atoms with E-state index in [0.29, 0.717) is 19.7 Å². The summed E-state index contributed by atoms with van der Waals surface area (Å²) in [6.07, 6.45) is 2.09. The second kappa shape index (κ2) is 11.5. The summed E-state index contributed by atoms with van der Waals surface area (Å²) >= 11 is 0. The Kier molecular flexibility index (Phi) is 10.9. The molecule has 0 spiro atoms. The quantitative estimate of drug-likeness (QED) is 0.581. The highest BCUT2D eigenvalue weighted by Gasteiger charge is 2.23. The van der Waals surface area contributed by atoms with E-state index < -0.39 is 0 Å². The number of carbonyl (C=O) groups is 2. The van der Waals surface area contributed by atoms with Crippen molar-refractivity contribution in [2.75, 3.05) is 33.9 Å². The third-order valence-corrected chi connectivity index (χ3v) is 3.67. The van der Waals surface area contributed by atoms with Crippen LogP contribution in [0.25, 0.3) is 0 Å². The average molecular weight is 302 g/mol. The summed E-state index contributed by atoms with van der Waals surface area (Å²) in [5, 5.41) is 3.04. The number of ether oxygens (including phenoxy) is 2. The Balaban J connectivity index is 4.56. The maximum Gasteiger partial charge on any atom is 0.306 e. The van der Waals surface area contributed by atoms with Crippen LogP contribution in [0, 0.1) is 0 Å². The minimum Gasteiger partial charge on any atom is -0.469 e. The molecule has 1 N–H and O–H groups in total. The third-order valence-electron chi connectivity index (χ3n) is 3.67. The van der Waals surface area contributed by atoms with Crippen LogP contribution in [-0.2, 0) is 19.1 Å². The van der Waals surface area contributed by atoms with Gasteiger partial charge in [-0.15, -0.1) is 0 Å². The Hall–Kier alpha value is -1.14. The Bertz CT molecular complexity index is 306. The highest BCUT2D eigenvalue weighted by molar-refractivity contribution is 5.81. The first kappa shape index (κ1) is 19.9. The molecule has 0 heterocycles. The van der Waals surface area contributed by atoms with Crippen LogP contribution in [0.5, 0.6) is 0 Å². The van der Waals surface area contributed by atoms with E-state index in [2.05, 4.69) is 23.9 Å². The summed E-state index contributed by atoms with van der Waals surface area (Å²) in [7, 11) is 2.98. The molecular formula is C15H30N2O4. The van der Waals surface area contributed by atoms with Gasteiger partial charge in [-0.2, -0.15) is 0 Å². The molecule has 6 heteroatoms. The number of nitrogens with one attached hydrogen (secondary N) is 1. The van der Waals surface area contributed by atoms with Crippen LogP contribution in [0.1, 0.15) is 40.0 Å². The van der Waals surface area contributed by atoms with Gasteiger partial charge in [0.25, 0.3) is 0 Å². The van der Waals surface area contributed by atoms with Gasteiger partial charge in [-0.05, 0) is 19.8 Å². The summed E-state index contributed by atoms with van der Waals surface area (Å²) < 4.78 is 9.72. The van der Waals surface area contributed by atoms with Crippen molar-refractivity contribution in [2.24, 2.45) is 0 Å². The van der Waals surface area contributed by atoms with E-state index in [1.807, 2.05) is 11.8 Å². The molecule has 0 aromatic heterocycles. The average Bonchev–Trinajstić information content (AvgIpc) is 2.51. The standard InChI is InChI=1S/C15H30N2O4/c1-6-13(7-2)16-15(19)12(3)17(10-11-20-4)9-8-14(18)21-5/h12-13H,6-11H2,1-5H3,(H,16,19). The van der Waals surface area contributed by atoms with E-state index >= 15 is 0 Å². The molecule has 21 heavy (non-hydrogen) atoms. The van der Waals surface area contributed by atoms with Crippen molar-refractivity contribution in [3.05, 3.63) is 0 Å². The molecule has 6 nitrogen and oxygen atoms in total. The van der Waals surface area contributed by atoms with E-state index in [9.17, 15) is 9.59 Å². The van der Waals surface area contributed by atoms with Crippen LogP contribution in [0.15, 0.2) is 0 Å². The molecule has 1 atom stereocenters. The minimum atomic E-state index is -0.301. The van der Waals surface area contributed by atoms with Crippen molar-refractivity contribution in [1.82, 2.24) is 10.2 Å². The number of amides is 1. The van der Waals surface area contributed by atoms with Crippen molar-refractivity contribution in [3.63, 3.8) is 0 Å². The summed E-state index contributed by atoms with van der Waals surface area (Å²) in [5.41, 5.74) is 0. The van der Waals surface area contributed by atoms with Gasteiger partial charge in [0.1, 0.15) is 0 Å². The maximum absolute atomic E-state index is 12.3. The molecule has 0 aliphatic carbocycles. The fourth-order valence-electron chi connectivity index (χ4n) is 2.03. The van der Waals surface area contributed by atoms with Gasteiger partial charge in [-0.1, -0.05) is 13.8 Å². The molecule has 0 saturated heterocycles. The fraction of sp³-hybridized carbons (Fsp3) is 0.867. The molecule has 0 radical (unpaired) electrons. The number of carbonyl (C=O) groups excluding carboxylic acids is 2. The van der Waals surface area contributed by atoms with Crippen LogP contribution in [-0.4, -0.2) is 62.8 Å². The lowest BCUT2D eigenvalue weighted by Gasteiger charge is -2.29. The molecule has 0 aromatic rings. The van der Waals surface area contributed by atoms with Gasteiger partial charge in [0.05, 0.1) is 26.2 Å². The van der Waals surface area contributed by atoms with Crippen molar-refractivity contribution < 1.29 is 19.1 Å². The molecule has 0 fully saturated rings. The Morgan fingerprint density at radius 2 is 1.76 bits per heavy atom. The maximum atomic E-state index is 12.3. The van der Waals surface area contributed by atoms with Gasteiger partial charge in [0.15, 0.2) is 0 Å². The summed E-state index contributed by atoms with van der Waals surface area (Å²) in [5.74, 6) is -0.283. The van der Waals surface area contributed by atoms with Gasteiger partial charge in [0, 0.05) is 26.2 Å². The molecule has 0 bridgehead atoms. The lowest BCUT2D eigenvalue weighted by atomic mass is 10.1. The lowest BCUT2D eigenvalue weighted by molar-refractivity contribution is -0.141. The topological polar surface area (TPSA) is 67.9 Å². The van der Waals surface area contributed by atoms with Crippen LogP contribution in [0.3, 0.4) is 0 Å². The Morgan fingerprint density at radius 3 is 2.24 bits per heavy atom. The highest BCUT2D eigenvalue weighted by Crippen LogP contribution is 2.04. The first-order chi connectivity index (χ1) is 9.99. The van der Waals surface area contributed by atoms with Gasteiger partial charge < -0.3 is 14.8 Å². The van der Waals surface area contributed by atoms with E-state index in [1.54, 1.807) is 7.11 Å². The number of hydrogen-bond acceptors (Lipinski definition) is 5. The van der Waals surface area contributed by atoms with E-state index in [4.69, 9.17) is 4.74 Å². The van der Waals surface area contributed by atoms with Crippen LogP contribution in [0.2, 0.25) is 0 Å². The van der Waals surface area contributed by atoms with Gasteiger partial charge >= 0.3 is 5.97 Å². The molecule has 0 rings (SSSR count). The predicted molar refractivity (Wildman–Crippen MR) is 82.1 cm³/mol. The molecular weight excluding hydrogens is 272 g/mol. The fourth-order valence-corrected chi connectivity index (χ4v) is 2.03. The number of rotatable bonds is 11. The zero-order chi connectivity index (χ0) is 16.3. The molecule has 1 unspecified atom stereocenters. The molecule has 0 aliphatic heterocycles. The summed E-state index contributed by atoms with van der Waals surface area (Å²) in [6, 6.07) is -0.102. The van der Waals surface area contributed by atoms with E-state index in [1.165, 1.54) is 7.11 Å². The minimum absolute atomic E-state index is 0.00957. The van der Waals surface area contributed by atoms with Crippen molar-refractivity contribution in [2.45, 2.75) is 52.1 Å². The molecule has 0 saturated carbocycles. The van der Waals surface area contributed by atoms with Crippen molar-refractivity contribution >= 4 is 11.9 Å². The van der Waals surface area contributed by atoms with Crippen LogP contribution in [0.4, 0.5) is 0 Å². The van der Waals surface area contributed by atoms with Gasteiger partial charge in [-0.3, -0.25) is 14.5 Å². The number of esters is 1.